The van der Waals surface area contributed by atoms with Crippen LogP contribution in [0.3, 0.4) is 0 Å². The lowest BCUT2D eigenvalue weighted by Crippen LogP contribution is -2.27. The Morgan fingerprint density at radius 2 is 2.00 bits per heavy atom. The van der Waals surface area contributed by atoms with Gasteiger partial charge in [0.05, 0.1) is 37.2 Å². The Morgan fingerprint density at radius 1 is 1.14 bits per heavy atom. The largest absolute Gasteiger partial charge is 0.469 e. The van der Waals surface area contributed by atoms with Crippen LogP contribution in [-0.4, -0.2) is 62.8 Å². The molecule has 0 spiro atoms. The highest BCUT2D eigenvalue weighted by molar-refractivity contribution is 6.30. The van der Waals surface area contributed by atoms with Crippen molar-refractivity contribution in [3.8, 4) is 16.9 Å². The molecule has 0 radical (unpaired) electrons. The lowest BCUT2D eigenvalue weighted by Gasteiger charge is -2.23. The van der Waals surface area contributed by atoms with Crippen LogP contribution in [0.2, 0.25) is 5.02 Å². The molecule has 11 nitrogen and oxygen atoms in total. The van der Waals surface area contributed by atoms with Crippen molar-refractivity contribution in [2.45, 2.75) is 44.6 Å². The maximum Gasteiger partial charge on any atom is 0.309 e. The van der Waals surface area contributed by atoms with E-state index in [1.54, 1.807) is 30.5 Å². The molecule has 1 amide bonds. The summed E-state index contributed by atoms with van der Waals surface area (Å²) in [5.41, 5.74) is 5.11. The summed E-state index contributed by atoms with van der Waals surface area (Å²) in [6.45, 7) is 0.886. The average molecular weight is 589 g/mol. The SMILES string of the molecule is COC(=O)Cc1ccc2c(c1)N(C)CCCCCC[C@H](NC(=O)/C=C/c1cc(Cl)ccc1-n1cnnn1)c1ncc-2[nH]1. The molecule has 0 saturated heterocycles. The molecule has 3 heterocycles. The topological polar surface area (TPSA) is 131 Å². The standard InChI is InChI=1S/C30H33ClN8O3/c1-38-14-6-4-3-5-7-24(30-32-18-25(35-30)23-11-8-20(15-27(23)38)16-29(41)42-2)34-28(40)13-9-21-17-22(31)10-12-26(21)39-19-33-36-37-39/h8-13,15,17-19,24H,3-7,14,16H2,1-2H3,(H,32,35)(H,34,40)/b13-9+/t24-/m0/s1. The van der Waals surface area contributed by atoms with E-state index in [9.17, 15) is 9.59 Å². The van der Waals surface area contributed by atoms with Crippen LogP contribution in [0.4, 0.5) is 5.69 Å². The minimum absolute atomic E-state index is 0.208. The van der Waals surface area contributed by atoms with Crippen molar-refractivity contribution in [2.24, 2.45) is 0 Å². The molecule has 2 aromatic heterocycles. The molecule has 4 aromatic rings. The zero-order chi connectivity index (χ0) is 29.5. The Hall–Kier alpha value is -4.51. The second-order valence-corrected chi connectivity index (χ2v) is 10.7. The molecule has 0 aliphatic carbocycles. The first-order valence-electron chi connectivity index (χ1n) is 13.9. The Labute approximate surface area is 248 Å². The fraction of sp³-hybridized carbons (Fsp3) is 0.333. The van der Waals surface area contributed by atoms with Crippen molar-refractivity contribution in [1.82, 2.24) is 35.5 Å². The van der Waals surface area contributed by atoms with Crippen molar-refractivity contribution in [3.05, 3.63) is 77.0 Å². The second kappa shape index (κ2) is 13.4. The van der Waals surface area contributed by atoms with E-state index in [2.05, 4.69) is 42.8 Å². The number of H-pyrrole nitrogens is 1. The Balaban J connectivity index is 1.39. The van der Waals surface area contributed by atoms with Crippen LogP contribution < -0.4 is 10.2 Å². The number of fused-ring (bicyclic) bond motifs is 4. The van der Waals surface area contributed by atoms with Crippen LogP contribution in [0, 0.1) is 0 Å². The number of anilines is 1. The van der Waals surface area contributed by atoms with Crippen molar-refractivity contribution in [1.29, 1.82) is 0 Å². The number of hydrogen-bond donors (Lipinski definition) is 2. The molecule has 1 aliphatic rings. The van der Waals surface area contributed by atoms with E-state index >= 15 is 0 Å². The van der Waals surface area contributed by atoms with E-state index in [0.717, 1.165) is 61.2 Å². The first-order valence-corrected chi connectivity index (χ1v) is 14.3. The van der Waals surface area contributed by atoms with Gasteiger partial charge in [0.15, 0.2) is 0 Å². The van der Waals surface area contributed by atoms with Gasteiger partial charge in [-0.05, 0) is 59.2 Å². The van der Waals surface area contributed by atoms with Gasteiger partial charge in [0, 0.05) is 41.5 Å². The third kappa shape index (κ3) is 7.03. The molecule has 0 unspecified atom stereocenters. The Morgan fingerprint density at radius 3 is 2.81 bits per heavy atom. The summed E-state index contributed by atoms with van der Waals surface area (Å²) < 4.78 is 6.38. The maximum absolute atomic E-state index is 13.1. The van der Waals surface area contributed by atoms with E-state index < -0.39 is 0 Å². The number of nitrogens with one attached hydrogen (secondary N) is 2. The van der Waals surface area contributed by atoms with Crippen LogP contribution in [0.25, 0.3) is 23.0 Å². The number of methoxy groups -OCH3 is 1. The first kappa shape index (κ1) is 29.0. The third-order valence-corrected chi connectivity index (χ3v) is 7.55. The number of carbonyl (C=O) groups is 2. The molecule has 1 aliphatic heterocycles. The highest BCUT2D eigenvalue weighted by Gasteiger charge is 2.20. The molecular weight excluding hydrogens is 556 g/mol. The molecule has 12 heteroatoms. The minimum Gasteiger partial charge on any atom is -0.469 e. The lowest BCUT2D eigenvalue weighted by atomic mass is 10.0. The number of hydrogen-bond acceptors (Lipinski definition) is 8. The number of aromatic amines is 1. The summed E-state index contributed by atoms with van der Waals surface area (Å²) in [6.07, 6.45) is 11.5. The quantitative estimate of drug-likeness (QED) is 0.245. The lowest BCUT2D eigenvalue weighted by molar-refractivity contribution is -0.139. The maximum atomic E-state index is 13.1. The molecule has 42 heavy (non-hydrogen) atoms. The van der Waals surface area contributed by atoms with Crippen molar-refractivity contribution >= 4 is 35.2 Å². The highest BCUT2D eigenvalue weighted by Crippen LogP contribution is 2.33. The fourth-order valence-corrected chi connectivity index (χ4v) is 5.27. The van der Waals surface area contributed by atoms with E-state index in [0.29, 0.717) is 22.1 Å². The van der Waals surface area contributed by atoms with Crippen LogP contribution in [0.5, 0.6) is 0 Å². The number of esters is 1. The van der Waals surface area contributed by atoms with Gasteiger partial charge in [-0.2, -0.15) is 4.68 Å². The monoisotopic (exact) mass is 588 g/mol. The summed E-state index contributed by atoms with van der Waals surface area (Å²) in [7, 11) is 3.46. The zero-order valence-corrected chi connectivity index (χ0v) is 24.3. The molecule has 0 saturated carbocycles. The fourth-order valence-electron chi connectivity index (χ4n) is 5.09. The van der Waals surface area contributed by atoms with Crippen molar-refractivity contribution in [2.75, 3.05) is 25.6 Å². The van der Waals surface area contributed by atoms with Crippen LogP contribution in [0.1, 0.15) is 55.1 Å². The number of tetrazole rings is 1. The molecule has 1 atom stereocenters. The number of benzene rings is 2. The number of imidazole rings is 1. The van der Waals surface area contributed by atoms with Crippen molar-refractivity contribution in [3.63, 3.8) is 0 Å². The summed E-state index contributed by atoms with van der Waals surface area (Å²) in [6, 6.07) is 11.0. The molecule has 5 rings (SSSR count). The number of amides is 1. The molecule has 2 N–H and O–H groups in total. The van der Waals surface area contributed by atoms with Gasteiger partial charge in [-0.15, -0.1) is 5.10 Å². The van der Waals surface area contributed by atoms with Gasteiger partial charge in [0.2, 0.25) is 5.91 Å². The van der Waals surface area contributed by atoms with Crippen LogP contribution >= 0.6 is 11.6 Å². The summed E-state index contributed by atoms with van der Waals surface area (Å²) >= 11 is 6.22. The Kier molecular flexibility index (Phi) is 9.28. The van der Waals surface area contributed by atoms with Gasteiger partial charge < -0.3 is 19.9 Å². The molecule has 2 aromatic carbocycles. The molecule has 0 fully saturated rings. The van der Waals surface area contributed by atoms with Gasteiger partial charge in [-0.25, -0.2) is 4.98 Å². The first-order chi connectivity index (χ1) is 20.4. The third-order valence-electron chi connectivity index (χ3n) is 7.32. The molecular formula is C30H33ClN8O3. The Bertz CT molecular complexity index is 1570. The normalized spacial score (nSPS) is 15.8. The van der Waals surface area contributed by atoms with E-state index in [-0.39, 0.29) is 24.3 Å². The van der Waals surface area contributed by atoms with Crippen molar-refractivity contribution < 1.29 is 14.3 Å². The van der Waals surface area contributed by atoms with Gasteiger partial charge >= 0.3 is 5.97 Å². The van der Waals surface area contributed by atoms with Gasteiger partial charge in [-0.1, -0.05) is 43.0 Å². The number of nitrogens with zero attached hydrogens (tertiary/aromatic N) is 6. The average Bonchev–Trinajstić information content (AvgIpc) is 3.70. The smallest absolute Gasteiger partial charge is 0.309 e. The van der Waals surface area contributed by atoms with Crippen LogP contribution in [0.15, 0.2) is 55.0 Å². The predicted molar refractivity (Wildman–Crippen MR) is 160 cm³/mol. The summed E-state index contributed by atoms with van der Waals surface area (Å²) in [5.74, 6) is 0.161. The number of carbonyl (C=O) groups excluding carboxylic acids is 2. The molecule has 218 valence electrons. The minimum atomic E-state index is -0.297. The number of ether oxygens (including phenoxy) is 1. The van der Waals surface area contributed by atoms with E-state index in [1.165, 1.54) is 24.2 Å². The predicted octanol–water partition coefficient (Wildman–Crippen LogP) is 4.69. The van der Waals surface area contributed by atoms with Gasteiger partial charge in [0.25, 0.3) is 0 Å². The van der Waals surface area contributed by atoms with E-state index in [1.807, 2.05) is 18.2 Å². The number of rotatable bonds is 6. The molecule has 2 bridgehead atoms. The second-order valence-electron chi connectivity index (χ2n) is 10.3. The number of halogens is 1. The van der Waals surface area contributed by atoms with Gasteiger partial charge in [0.1, 0.15) is 12.2 Å². The van der Waals surface area contributed by atoms with Crippen LogP contribution in [-0.2, 0) is 20.7 Å². The van der Waals surface area contributed by atoms with Gasteiger partial charge in [-0.3, -0.25) is 9.59 Å². The number of aromatic nitrogens is 6. The highest BCUT2D eigenvalue weighted by atomic mass is 35.5. The summed E-state index contributed by atoms with van der Waals surface area (Å²) in [5, 5.41) is 15.0. The summed E-state index contributed by atoms with van der Waals surface area (Å²) in [4.78, 5) is 35.4. The van der Waals surface area contributed by atoms with E-state index in [4.69, 9.17) is 16.3 Å². The zero-order valence-electron chi connectivity index (χ0n) is 23.6.